The molecule has 0 radical (unpaired) electrons. The molecular formula is C18H20N2O6S. The first kappa shape index (κ1) is 20.2. The highest BCUT2D eigenvalue weighted by Gasteiger charge is 2.23. The lowest BCUT2D eigenvalue weighted by atomic mass is 10.0. The van der Waals surface area contributed by atoms with Gasteiger partial charge in [-0.3, -0.25) is 14.3 Å². The normalized spacial score (nSPS) is 12.0. The number of rotatable bonds is 9. The Morgan fingerprint density at radius 3 is 2.37 bits per heavy atom. The summed E-state index contributed by atoms with van der Waals surface area (Å²) in [5.41, 5.74) is 0.259. The molecule has 0 fully saturated rings. The van der Waals surface area contributed by atoms with Gasteiger partial charge in [0.15, 0.2) is 11.5 Å². The Hall–Kier alpha value is -3.07. The minimum atomic E-state index is -3.60. The van der Waals surface area contributed by atoms with Crippen molar-refractivity contribution in [1.29, 1.82) is 0 Å². The van der Waals surface area contributed by atoms with Gasteiger partial charge in [-0.15, -0.1) is 0 Å². The molecule has 0 aliphatic rings. The molecule has 1 unspecified atom stereocenters. The summed E-state index contributed by atoms with van der Waals surface area (Å²) in [6, 6.07) is 10.6. The number of carbonyl (C=O) groups excluding carboxylic acids is 2. The number of amides is 1. The highest BCUT2D eigenvalue weighted by molar-refractivity contribution is 7.92. The van der Waals surface area contributed by atoms with Crippen molar-refractivity contribution in [3.8, 4) is 17.2 Å². The summed E-state index contributed by atoms with van der Waals surface area (Å²) in [4.78, 5) is 23.2. The predicted octanol–water partition coefficient (Wildman–Crippen LogP) is 2.18. The molecule has 2 N–H and O–H groups in total. The first-order valence-electron chi connectivity index (χ1n) is 7.91. The predicted molar refractivity (Wildman–Crippen MR) is 101 cm³/mol. The van der Waals surface area contributed by atoms with Crippen LogP contribution in [0.5, 0.6) is 17.2 Å². The first-order valence-corrected chi connectivity index (χ1v) is 9.81. The maximum absolute atomic E-state index is 12.6. The van der Waals surface area contributed by atoms with Crippen molar-refractivity contribution in [1.82, 2.24) is 5.32 Å². The van der Waals surface area contributed by atoms with Crippen LogP contribution in [0.3, 0.4) is 0 Å². The SMILES string of the molecule is COc1cc(NS(C)(=O)=O)c(Oc2ccccc2)cc1C(=O)C(C)NC=O. The Kier molecular flexibility index (Phi) is 6.40. The molecule has 0 spiro atoms. The number of ether oxygens (including phenoxy) is 2. The Morgan fingerprint density at radius 1 is 1.15 bits per heavy atom. The van der Waals surface area contributed by atoms with Gasteiger partial charge in [0, 0.05) is 6.07 Å². The maximum Gasteiger partial charge on any atom is 0.229 e. The third-order valence-corrected chi connectivity index (χ3v) is 4.14. The lowest BCUT2D eigenvalue weighted by Crippen LogP contribution is -2.33. The quantitative estimate of drug-likeness (QED) is 0.500. The van der Waals surface area contributed by atoms with Gasteiger partial charge in [-0.25, -0.2) is 8.42 Å². The van der Waals surface area contributed by atoms with Gasteiger partial charge in [-0.05, 0) is 25.1 Å². The number of benzene rings is 2. The largest absolute Gasteiger partial charge is 0.496 e. The van der Waals surface area contributed by atoms with Gasteiger partial charge in [0.1, 0.15) is 11.5 Å². The number of ketones is 1. The van der Waals surface area contributed by atoms with Crippen molar-refractivity contribution >= 4 is 27.9 Å². The summed E-state index contributed by atoms with van der Waals surface area (Å²) < 4.78 is 36.7. The van der Waals surface area contributed by atoms with E-state index >= 15 is 0 Å². The molecule has 0 heterocycles. The first-order chi connectivity index (χ1) is 12.7. The topological polar surface area (TPSA) is 111 Å². The number of sulfonamides is 1. The summed E-state index contributed by atoms with van der Waals surface area (Å²) in [6.45, 7) is 1.52. The molecule has 27 heavy (non-hydrogen) atoms. The maximum atomic E-state index is 12.6. The molecule has 0 saturated heterocycles. The minimum absolute atomic E-state index is 0.116. The highest BCUT2D eigenvalue weighted by atomic mass is 32.2. The van der Waals surface area contributed by atoms with Crippen molar-refractivity contribution < 1.29 is 27.5 Å². The Balaban J connectivity index is 2.56. The van der Waals surface area contributed by atoms with Crippen LogP contribution in [0.15, 0.2) is 42.5 Å². The van der Waals surface area contributed by atoms with Crippen molar-refractivity contribution in [2.24, 2.45) is 0 Å². The Morgan fingerprint density at radius 2 is 1.81 bits per heavy atom. The van der Waals surface area contributed by atoms with Crippen LogP contribution in [0.4, 0.5) is 5.69 Å². The monoisotopic (exact) mass is 392 g/mol. The molecule has 8 nitrogen and oxygen atoms in total. The molecule has 1 atom stereocenters. The summed E-state index contributed by atoms with van der Waals surface area (Å²) in [5, 5.41) is 2.38. The zero-order chi connectivity index (χ0) is 20.0. The second-order valence-corrected chi connectivity index (χ2v) is 7.46. The van der Waals surface area contributed by atoms with E-state index in [9.17, 15) is 18.0 Å². The van der Waals surface area contributed by atoms with E-state index in [1.165, 1.54) is 26.2 Å². The molecule has 2 aromatic carbocycles. The third kappa shape index (κ3) is 5.45. The second-order valence-electron chi connectivity index (χ2n) is 5.71. The van der Waals surface area contributed by atoms with Crippen LogP contribution in [0.25, 0.3) is 0 Å². The Labute approximate surface area is 157 Å². The van der Waals surface area contributed by atoms with E-state index in [4.69, 9.17) is 9.47 Å². The highest BCUT2D eigenvalue weighted by Crippen LogP contribution is 2.37. The average Bonchev–Trinajstić information content (AvgIpc) is 2.62. The number of methoxy groups -OCH3 is 1. The lowest BCUT2D eigenvalue weighted by Gasteiger charge is -2.18. The zero-order valence-electron chi connectivity index (χ0n) is 15.1. The van der Waals surface area contributed by atoms with Gasteiger partial charge < -0.3 is 14.8 Å². The van der Waals surface area contributed by atoms with Crippen molar-refractivity contribution in [2.75, 3.05) is 18.1 Å². The van der Waals surface area contributed by atoms with Crippen LogP contribution >= 0.6 is 0 Å². The molecule has 0 saturated carbocycles. The van der Waals surface area contributed by atoms with E-state index in [0.717, 1.165) is 6.26 Å². The van der Waals surface area contributed by atoms with Gasteiger partial charge >= 0.3 is 0 Å². The minimum Gasteiger partial charge on any atom is -0.496 e. The van der Waals surface area contributed by atoms with E-state index in [1.54, 1.807) is 30.3 Å². The zero-order valence-corrected chi connectivity index (χ0v) is 15.9. The fourth-order valence-corrected chi connectivity index (χ4v) is 2.87. The van der Waals surface area contributed by atoms with Crippen molar-refractivity contribution in [2.45, 2.75) is 13.0 Å². The van der Waals surface area contributed by atoms with Crippen molar-refractivity contribution in [3.63, 3.8) is 0 Å². The van der Waals surface area contributed by atoms with Crippen molar-refractivity contribution in [3.05, 3.63) is 48.0 Å². The number of nitrogens with one attached hydrogen (secondary N) is 2. The summed E-state index contributed by atoms with van der Waals surface area (Å²) >= 11 is 0. The molecular weight excluding hydrogens is 372 g/mol. The van der Waals surface area contributed by atoms with Gasteiger partial charge in [0.2, 0.25) is 16.4 Å². The lowest BCUT2D eigenvalue weighted by molar-refractivity contribution is -0.109. The summed E-state index contributed by atoms with van der Waals surface area (Å²) in [5.74, 6) is 0.305. The second kappa shape index (κ2) is 8.54. The number of hydrogen-bond donors (Lipinski definition) is 2. The Bertz CT molecular complexity index is 928. The summed E-state index contributed by atoms with van der Waals surface area (Å²) in [6.07, 6.45) is 1.43. The van der Waals surface area contributed by atoms with Crippen LogP contribution in [-0.2, 0) is 14.8 Å². The van der Waals surface area contributed by atoms with E-state index in [2.05, 4.69) is 10.0 Å². The molecule has 2 rings (SSSR count). The molecule has 0 bridgehead atoms. The fourth-order valence-electron chi connectivity index (χ4n) is 2.31. The molecule has 144 valence electrons. The number of hydrogen-bond acceptors (Lipinski definition) is 6. The van der Waals surface area contributed by atoms with Crippen LogP contribution in [0.1, 0.15) is 17.3 Å². The smallest absolute Gasteiger partial charge is 0.229 e. The van der Waals surface area contributed by atoms with Gasteiger partial charge in [0.25, 0.3) is 0 Å². The molecule has 9 heteroatoms. The molecule has 0 aromatic heterocycles. The van der Waals surface area contributed by atoms with Crippen LogP contribution in [0.2, 0.25) is 0 Å². The van der Waals surface area contributed by atoms with Crippen LogP contribution in [0, 0.1) is 0 Å². The number of carbonyl (C=O) groups is 2. The van der Waals surface area contributed by atoms with Gasteiger partial charge in [-0.1, -0.05) is 18.2 Å². The molecule has 1 amide bonds. The number of para-hydroxylation sites is 1. The summed E-state index contributed by atoms with van der Waals surface area (Å²) in [7, 11) is -2.25. The van der Waals surface area contributed by atoms with Gasteiger partial charge in [0.05, 0.1) is 30.7 Å². The van der Waals surface area contributed by atoms with E-state index in [-0.39, 0.29) is 22.7 Å². The van der Waals surface area contributed by atoms with E-state index in [0.29, 0.717) is 12.2 Å². The molecule has 0 aliphatic heterocycles. The van der Waals surface area contributed by atoms with Crippen LogP contribution in [-0.4, -0.2) is 40.0 Å². The standard InChI is InChI=1S/C18H20N2O6S/c1-12(19-11-21)18(22)14-9-17(26-13-7-5-4-6-8-13)15(10-16(14)25-2)20-27(3,23)24/h4-12,20H,1-3H3,(H,19,21). The van der Waals surface area contributed by atoms with Crippen LogP contribution < -0.4 is 19.5 Å². The number of Topliss-reactive ketones (excluding diaryl/α,β-unsaturated/α-hetero) is 1. The van der Waals surface area contributed by atoms with E-state index < -0.39 is 21.8 Å². The molecule has 2 aromatic rings. The average molecular weight is 392 g/mol. The number of anilines is 1. The van der Waals surface area contributed by atoms with Gasteiger partial charge in [-0.2, -0.15) is 0 Å². The fraction of sp³-hybridized carbons (Fsp3) is 0.222. The van der Waals surface area contributed by atoms with E-state index in [1.807, 2.05) is 0 Å². The third-order valence-electron chi connectivity index (χ3n) is 3.54. The molecule has 0 aliphatic carbocycles.